The van der Waals surface area contributed by atoms with E-state index in [2.05, 4.69) is 15.5 Å². The smallest absolute Gasteiger partial charge is 0.230 e. The molecule has 1 saturated heterocycles. The van der Waals surface area contributed by atoms with Crippen molar-refractivity contribution in [1.29, 1.82) is 0 Å². The standard InChI is InChI=1S/C22H23ClN4O3S2/c1-15-7-9-17(10-8-15)21-25-26-22(31-21)24-20(28)18-5-3-11-27(13-18)32(29,30)14-16-4-2-6-19(23)12-16/h2,4,6-10,12,18H,3,5,11,13-14H2,1H3,(H,24,26,28)/t18-/m0/s1. The van der Waals surface area contributed by atoms with E-state index in [4.69, 9.17) is 11.6 Å². The van der Waals surface area contributed by atoms with Crippen LogP contribution in [0.15, 0.2) is 48.5 Å². The van der Waals surface area contributed by atoms with Gasteiger partial charge in [0.15, 0.2) is 0 Å². The molecule has 7 nitrogen and oxygen atoms in total. The van der Waals surface area contributed by atoms with Gasteiger partial charge >= 0.3 is 0 Å². The quantitative estimate of drug-likeness (QED) is 0.554. The molecule has 168 valence electrons. The molecule has 0 saturated carbocycles. The molecule has 0 spiro atoms. The van der Waals surface area contributed by atoms with Gasteiger partial charge in [0.1, 0.15) is 5.01 Å². The molecule has 10 heteroatoms. The molecule has 0 bridgehead atoms. The minimum Gasteiger partial charge on any atom is -0.300 e. The number of hydrogen-bond acceptors (Lipinski definition) is 6. The SMILES string of the molecule is Cc1ccc(-c2nnc(NC(=O)[C@H]3CCCN(S(=O)(=O)Cc4cccc(Cl)c4)C3)s2)cc1. The van der Waals surface area contributed by atoms with E-state index < -0.39 is 15.9 Å². The number of carbonyl (C=O) groups is 1. The summed E-state index contributed by atoms with van der Waals surface area (Å²) in [6, 6.07) is 14.7. The lowest BCUT2D eigenvalue weighted by molar-refractivity contribution is -0.120. The highest BCUT2D eigenvalue weighted by molar-refractivity contribution is 7.88. The van der Waals surface area contributed by atoms with Gasteiger partial charge in [-0.25, -0.2) is 12.7 Å². The van der Waals surface area contributed by atoms with E-state index in [9.17, 15) is 13.2 Å². The van der Waals surface area contributed by atoms with Crippen molar-refractivity contribution in [2.24, 2.45) is 5.92 Å². The van der Waals surface area contributed by atoms with Crippen LogP contribution in [0, 0.1) is 12.8 Å². The normalized spacial score (nSPS) is 17.2. The number of nitrogens with one attached hydrogen (secondary N) is 1. The summed E-state index contributed by atoms with van der Waals surface area (Å²) in [5, 5.41) is 12.7. The predicted octanol–water partition coefficient (Wildman–Crippen LogP) is 4.35. The molecular weight excluding hydrogens is 468 g/mol. The third kappa shape index (κ3) is 5.53. The first-order valence-corrected chi connectivity index (χ1v) is 13.0. The molecule has 0 radical (unpaired) electrons. The molecule has 1 aromatic heterocycles. The van der Waals surface area contributed by atoms with Crippen molar-refractivity contribution in [2.75, 3.05) is 18.4 Å². The van der Waals surface area contributed by atoms with E-state index in [0.29, 0.717) is 35.1 Å². The summed E-state index contributed by atoms with van der Waals surface area (Å²) < 4.78 is 27.2. The zero-order valence-electron chi connectivity index (χ0n) is 17.5. The van der Waals surface area contributed by atoms with Crippen molar-refractivity contribution in [2.45, 2.75) is 25.5 Å². The minimum atomic E-state index is -3.56. The number of carbonyl (C=O) groups excluding carboxylic acids is 1. The summed E-state index contributed by atoms with van der Waals surface area (Å²) in [7, 11) is -3.56. The van der Waals surface area contributed by atoms with Crippen molar-refractivity contribution in [3.05, 3.63) is 64.7 Å². The zero-order chi connectivity index (χ0) is 22.7. The van der Waals surface area contributed by atoms with Gasteiger partial charge in [-0.1, -0.05) is 64.9 Å². The molecule has 1 N–H and O–H groups in total. The summed E-state index contributed by atoms with van der Waals surface area (Å²) in [5.74, 6) is -0.818. The fourth-order valence-corrected chi connectivity index (χ4v) is 6.19. The van der Waals surface area contributed by atoms with Gasteiger partial charge in [0, 0.05) is 23.7 Å². The second kappa shape index (κ2) is 9.66. The molecule has 2 aromatic carbocycles. The predicted molar refractivity (Wildman–Crippen MR) is 127 cm³/mol. The molecular formula is C22H23ClN4O3S2. The first-order chi connectivity index (χ1) is 15.3. The van der Waals surface area contributed by atoms with Gasteiger partial charge in [0.05, 0.1) is 11.7 Å². The Labute approximate surface area is 196 Å². The molecule has 1 aliphatic heterocycles. The number of aryl methyl sites for hydroxylation is 1. The molecule has 1 atom stereocenters. The van der Waals surface area contributed by atoms with Crippen molar-refractivity contribution in [1.82, 2.24) is 14.5 Å². The van der Waals surface area contributed by atoms with Crippen LogP contribution in [0.2, 0.25) is 5.02 Å². The van der Waals surface area contributed by atoms with Gasteiger partial charge in [-0.15, -0.1) is 10.2 Å². The van der Waals surface area contributed by atoms with Crippen LogP contribution in [0.3, 0.4) is 0 Å². The summed E-state index contributed by atoms with van der Waals surface area (Å²) >= 11 is 7.27. The Morgan fingerprint density at radius 2 is 2.00 bits per heavy atom. The zero-order valence-corrected chi connectivity index (χ0v) is 19.9. The van der Waals surface area contributed by atoms with E-state index in [1.165, 1.54) is 15.6 Å². The second-order valence-corrected chi connectivity index (χ2v) is 11.2. The third-order valence-corrected chi connectivity index (χ3v) is 8.28. The summed E-state index contributed by atoms with van der Waals surface area (Å²) in [4.78, 5) is 12.8. The van der Waals surface area contributed by atoms with Gasteiger partial charge in [-0.3, -0.25) is 4.79 Å². The van der Waals surface area contributed by atoms with E-state index >= 15 is 0 Å². The van der Waals surface area contributed by atoms with Gasteiger partial charge in [0.2, 0.25) is 21.1 Å². The number of sulfonamides is 1. The molecule has 1 amide bonds. The van der Waals surface area contributed by atoms with Crippen LogP contribution in [-0.4, -0.2) is 41.9 Å². The Balaban J connectivity index is 1.40. The number of hydrogen-bond donors (Lipinski definition) is 1. The van der Waals surface area contributed by atoms with Gasteiger partial charge in [-0.05, 0) is 37.5 Å². The summed E-state index contributed by atoms with van der Waals surface area (Å²) in [6.07, 6.45) is 1.25. The van der Waals surface area contributed by atoms with Gasteiger partial charge in [-0.2, -0.15) is 0 Å². The lowest BCUT2D eigenvalue weighted by Gasteiger charge is -2.31. The highest BCUT2D eigenvalue weighted by Gasteiger charge is 2.32. The molecule has 32 heavy (non-hydrogen) atoms. The van der Waals surface area contributed by atoms with Crippen molar-refractivity contribution < 1.29 is 13.2 Å². The van der Waals surface area contributed by atoms with Crippen LogP contribution in [-0.2, 0) is 20.6 Å². The molecule has 0 aliphatic carbocycles. The molecule has 3 aromatic rings. The summed E-state index contributed by atoms with van der Waals surface area (Å²) in [5.41, 5.74) is 2.71. The molecule has 0 unspecified atom stereocenters. The fraction of sp³-hybridized carbons (Fsp3) is 0.318. The number of piperidine rings is 1. The van der Waals surface area contributed by atoms with Crippen molar-refractivity contribution in [3.63, 3.8) is 0 Å². The number of aromatic nitrogens is 2. The van der Waals surface area contributed by atoms with E-state index in [1.807, 2.05) is 31.2 Å². The van der Waals surface area contributed by atoms with Crippen molar-refractivity contribution >= 4 is 44.0 Å². The number of halogens is 1. The third-order valence-electron chi connectivity index (χ3n) is 5.34. The fourth-order valence-electron chi connectivity index (χ4n) is 3.63. The van der Waals surface area contributed by atoms with Crippen LogP contribution in [0.1, 0.15) is 24.0 Å². The highest BCUT2D eigenvalue weighted by Crippen LogP contribution is 2.28. The lowest BCUT2D eigenvalue weighted by Crippen LogP contribution is -2.44. The molecule has 1 fully saturated rings. The van der Waals surface area contributed by atoms with Crippen LogP contribution in [0.4, 0.5) is 5.13 Å². The number of amides is 1. The summed E-state index contributed by atoms with van der Waals surface area (Å²) in [6.45, 7) is 2.57. The minimum absolute atomic E-state index is 0.141. The van der Waals surface area contributed by atoms with Crippen LogP contribution in [0.5, 0.6) is 0 Å². The lowest BCUT2D eigenvalue weighted by atomic mass is 9.99. The first kappa shape index (κ1) is 22.8. The van der Waals surface area contributed by atoms with Gasteiger partial charge in [0.25, 0.3) is 0 Å². The van der Waals surface area contributed by atoms with Crippen molar-refractivity contribution in [3.8, 4) is 10.6 Å². The average molecular weight is 491 g/mol. The highest BCUT2D eigenvalue weighted by atomic mass is 35.5. The number of rotatable bonds is 6. The average Bonchev–Trinajstić information content (AvgIpc) is 3.22. The first-order valence-electron chi connectivity index (χ1n) is 10.2. The Morgan fingerprint density at radius 3 is 2.75 bits per heavy atom. The maximum atomic E-state index is 12.9. The van der Waals surface area contributed by atoms with Crippen LogP contribution < -0.4 is 5.32 Å². The Hall–Kier alpha value is -2.33. The Morgan fingerprint density at radius 1 is 1.22 bits per heavy atom. The monoisotopic (exact) mass is 490 g/mol. The Kier molecular flexibility index (Phi) is 6.90. The van der Waals surface area contributed by atoms with E-state index in [0.717, 1.165) is 16.1 Å². The van der Waals surface area contributed by atoms with E-state index in [-0.39, 0.29) is 18.2 Å². The second-order valence-electron chi connectivity index (χ2n) is 7.85. The topological polar surface area (TPSA) is 92.3 Å². The largest absolute Gasteiger partial charge is 0.300 e. The number of benzene rings is 2. The maximum absolute atomic E-state index is 12.9. The number of anilines is 1. The maximum Gasteiger partial charge on any atom is 0.230 e. The molecule has 1 aliphatic rings. The molecule has 2 heterocycles. The van der Waals surface area contributed by atoms with Crippen LogP contribution >= 0.6 is 22.9 Å². The van der Waals surface area contributed by atoms with E-state index in [1.54, 1.807) is 24.3 Å². The van der Waals surface area contributed by atoms with Crippen LogP contribution in [0.25, 0.3) is 10.6 Å². The Bertz CT molecular complexity index is 1210. The van der Waals surface area contributed by atoms with Gasteiger partial charge < -0.3 is 5.32 Å². The molecule has 4 rings (SSSR count). The number of nitrogens with zero attached hydrogens (tertiary/aromatic N) is 3.